The summed E-state index contributed by atoms with van der Waals surface area (Å²) in [5.41, 5.74) is 2.10. The quantitative estimate of drug-likeness (QED) is 0.757. The number of carbonyl (C=O) groups is 1. The van der Waals surface area contributed by atoms with Crippen molar-refractivity contribution >= 4 is 16.8 Å². The van der Waals surface area contributed by atoms with Crippen molar-refractivity contribution in [2.45, 2.75) is 12.8 Å². The molecule has 0 bridgehead atoms. The van der Waals surface area contributed by atoms with Crippen LogP contribution in [-0.4, -0.2) is 22.4 Å². The third kappa shape index (κ3) is 1.97. The average Bonchev–Trinajstić information content (AvgIpc) is 2.47. The highest BCUT2D eigenvalue weighted by atomic mass is 16.5. The van der Waals surface area contributed by atoms with Crippen LogP contribution >= 0.6 is 0 Å². The van der Waals surface area contributed by atoms with E-state index >= 15 is 0 Å². The molecule has 2 heterocycles. The number of fused-ring (bicyclic) bond motifs is 1. The van der Waals surface area contributed by atoms with Gasteiger partial charge in [0.2, 0.25) is 5.78 Å². The summed E-state index contributed by atoms with van der Waals surface area (Å²) >= 11 is 0. The second-order valence-electron chi connectivity index (χ2n) is 4.15. The van der Waals surface area contributed by atoms with Crippen LogP contribution < -0.4 is 0 Å². The summed E-state index contributed by atoms with van der Waals surface area (Å²) in [6, 6.07) is 5.32. The minimum absolute atomic E-state index is 0.0812. The molecule has 18 heavy (non-hydrogen) atoms. The summed E-state index contributed by atoms with van der Waals surface area (Å²) in [6.07, 6.45) is 6.98. The molecule has 0 N–H and O–H groups in total. The van der Waals surface area contributed by atoms with Gasteiger partial charge >= 0.3 is 0 Å². The monoisotopic (exact) mass is 240 g/mol. The summed E-state index contributed by atoms with van der Waals surface area (Å²) in [5.74, 6) is 0.367. The molecule has 0 fully saturated rings. The van der Waals surface area contributed by atoms with E-state index in [2.05, 4.69) is 9.97 Å². The molecule has 90 valence electrons. The Bertz CT molecular complexity index is 634. The van der Waals surface area contributed by atoms with Crippen LogP contribution in [0, 0.1) is 0 Å². The van der Waals surface area contributed by atoms with Crippen molar-refractivity contribution in [3.05, 3.63) is 48.0 Å². The molecule has 1 aromatic heterocycles. The van der Waals surface area contributed by atoms with E-state index < -0.39 is 0 Å². The largest absolute Gasteiger partial charge is 0.490 e. The second-order valence-corrected chi connectivity index (χ2v) is 4.15. The molecule has 2 aromatic rings. The molecule has 1 aliphatic heterocycles. The molecular weight excluding hydrogens is 228 g/mol. The lowest BCUT2D eigenvalue weighted by Crippen LogP contribution is -2.11. The molecular formula is C14H12N2O2. The van der Waals surface area contributed by atoms with E-state index in [1.54, 1.807) is 30.6 Å². The summed E-state index contributed by atoms with van der Waals surface area (Å²) in [5, 5.41) is 0. The minimum atomic E-state index is -0.0812. The van der Waals surface area contributed by atoms with Gasteiger partial charge in [-0.1, -0.05) is 0 Å². The van der Waals surface area contributed by atoms with Gasteiger partial charge in [-0.2, -0.15) is 0 Å². The van der Waals surface area contributed by atoms with Gasteiger partial charge < -0.3 is 4.74 Å². The summed E-state index contributed by atoms with van der Waals surface area (Å²) in [7, 11) is 0. The zero-order valence-corrected chi connectivity index (χ0v) is 9.80. The highest BCUT2D eigenvalue weighted by molar-refractivity contribution is 6.08. The fourth-order valence-corrected chi connectivity index (χ4v) is 1.96. The summed E-state index contributed by atoms with van der Waals surface area (Å²) in [4.78, 5) is 20.6. The minimum Gasteiger partial charge on any atom is -0.490 e. The van der Waals surface area contributed by atoms with Gasteiger partial charge in [0.15, 0.2) is 5.76 Å². The van der Waals surface area contributed by atoms with Crippen molar-refractivity contribution in [1.29, 1.82) is 0 Å². The predicted molar refractivity (Wildman–Crippen MR) is 67.1 cm³/mol. The fraction of sp³-hybridized carbons (Fsp3) is 0.214. The molecule has 0 saturated carbocycles. The Labute approximate surface area is 104 Å². The van der Waals surface area contributed by atoms with E-state index in [0.29, 0.717) is 17.9 Å². The SMILES string of the molecule is O=C(C1=CCCCO1)c1ccc2nccnc2c1. The Hall–Kier alpha value is -2.23. The maximum absolute atomic E-state index is 12.2. The number of ketones is 1. The van der Waals surface area contributed by atoms with E-state index in [1.807, 2.05) is 6.08 Å². The lowest BCUT2D eigenvalue weighted by Gasteiger charge is -2.13. The standard InChI is InChI=1S/C14H12N2O2/c17-14(13-3-1-2-8-18-13)10-4-5-11-12(9-10)16-7-6-15-11/h3-7,9H,1-2,8H2. The van der Waals surface area contributed by atoms with Crippen LogP contribution in [0.3, 0.4) is 0 Å². The molecule has 0 spiro atoms. The lowest BCUT2D eigenvalue weighted by molar-refractivity contribution is 0.0899. The molecule has 0 radical (unpaired) electrons. The molecule has 0 atom stereocenters. The number of allylic oxidation sites excluding steroid dienone is 2. The highest BCUT2D eigenvalue weighted by Gasteiger charge is 2.16. The first kappa shape index (κ1) is 10.9. The van der Waals surface area contributed by atoms with Gasteiger partial charge in [-0.05, 0) is 37.1 Å². The van der Waals surface area contributed by atoms with Crippen molar-refractivity contribution in [2.24, 2.45) is 0 Å². The highest BCUT2D eigenvalue weighted by Crippen LogP contribution is 2.18. The average molecular weight is 240 g/mol. The maximum atomic E-state index is 12.2. The third-order valence-electron chi connectivity index (χ3n) is 2.89. The van der Waals surface area contributed by atoms with Crippen molar-refractivity contribution < 1.29 is 9.53 Å². The van der Waals surface area contributed by atoms with Crippen LogP contribution in [0.1, 0.15) is 23.2 Å². The van der Waals surface area contributed by atoms with Crippen molar-refractivity contribution in [2.75, 3.05) is 6.61 Å². The van der Waals surface area contributed by atoms with Crippen LogP contribution in [0.25, 0.3) is 11.0 Å². The van der Waals surface area contributed by atoms with Gasteiger partial charge in [0.25, 0.3) is 0 Å². The molecule has 0 aliphatic carbocycles. The van der Waals surface area contributed by atoms with E-state index in [1.165, 1.54) is 0 Å². The first-order chi connectivity index (χ1) is 8.84. The Morgan fingerprint density at radius 1 is 1.17 bits per heavy atom. The molecule has 1 aromatic carbocycles. The number of nitrogens with zero attached hydrogens (tertiary/aromatic N) is 2. The third-order valence-corrected chi connectivity index (χ3v) is 2.89. The molecule has 0 amide bonds. The van der Waals surface area contributed by atoms with E-state index in [-0.39, 0.29) is 5.78 Å². The second kappa shape index (κ2) is 4.56. The summed E-state index contributed by atoms with van der Waals surface area (Å²) in [6.45, 7) is 0.616. The number of carbonyl (C=O) groups excluding carboxylic acids is 1. The zero-order valence-electron chi connectivity index (χ0n) is 9.80. The number of benzene rings is 1. The van der Waals surface area contributed by atoms with E-state index in [9.17, 15) is 4.79 Å². The topological polar surface area (TPSA) is 52.1 Å². The normalized spacial score (nSPS) is 15.0. The van der Waals surface area contributed by atoms with Crippen LogP contribution in [0.5, 0.6) is 0 Å². The van der Waals surface area contributed by atoms with Crippen LogP contribution in [-0.2, 0) is 4.74 Å². The number of rotatable bonds is 2. The van der Waals surface area contributed by atoms with Gasteiger partial charge in [0, 0.05) is 18.0 Å². The Balaban J connectivity index is 1.98. The number of hydrogen-bond acceptors (Lipinski definition) is 4. The first-order valence-electron chi connectivity index (χ1n) is 5.93. The molecule has 1 aliphatic rings. The van der Waals surface area contributed by atoms with E-state index in [4.69, 9.17) is 4.74 Å². The van der Waals surface area contributed by atoms with Crippen molar-refractivity contribution in [3.63, 3.8) is 0 Å². The Morgan fingerprint density at radius 2 is 2.00 bits per heavy atom. The van der Waals surface area contributed by atoms with Crippen molar-refractivity contribution in [3.8, 4) is 0 Å². The maximum Gasteiger partial charge on any atom is 0.227 e. The molecule has 0 saturated heterocycles. The van der Waals surface area contributed by atoms with Crippen molar-refractivity contribution in [1.82, 2.24) is 9.97 Å². The molecule has 4 nitrogen and oxygen atoms in total. The van der Waals surface area contributed by atoms with Gasteiger partial charge in [0.1, 0.15) is 0 Å². The summed E-state index contributed by atoms with van der Waals surface area (Å²) < 4.78 is 5.38. The van der Waals surface area contributed by atoms with Crippen LogP contribution in [0.2, 0.25) is 0 Å². The van der Waals surface area contributed by atoms with Crippen LogP contribution in [0.15, 0.2) is 42.4 Å². The van der Waals surface area contributed by atoms with Gasteiger partial charge in [-0.25, -0.2) is 0 Å². The fourth-order valence-electron chi connectivity index (χ4n) is 1.96. The lowest BCUT2D eigenvalue weighted by atomic mass is 10.1. The van der Waals surface area contributed by atoms with Crippen LogP contribution in [0.4, 0.5) is 0 Å². The van der Waals surface area contributed by atoms with Gasteiger partial charge in [0.05, 0.1) is 17.6 Å². The van der Waals surface area contributed by atoms with Gasteiger partial charge in [-0.15, -0.1) is 0 Å². The van der Waals surface area contributed by atoms with Gasteiger partial charge in [-0.3, -0.25) is 14.8 Å². The Morgan fingerprint density at radius 3 is 2.78 bits per heavy atom. The number of ether oxygens (including phenoxy) is 1. The molecule has 0 unspecified atom stereocenters. The zero-order chi connectivity index (χ0) is 12.4. The molecule has 4 heteroatoms. The smallest absolute Gasteiger partial charge is 0.227 e. The number of aromatic nitrogens is 2. The Kier molecular flexibility index (Phi) is 2.76. The van der Waals surface area contributed by atoms with E-state index in [0.717, 1.165) is 23.9 Å². The number of Topliss-reactive ketones (excluding diaryl/α,β-unsaturated/α-hetero) is 1. The first-order valence-corrected chi connectivity index (χ1v) is 5.93. The predicted octanol–water partition coefficient (Wildman–Crippen LogP) is 2.51. The molecule has 3 rings (SSSR count). The number of hydrogen-bond donors (Lipinski definition) is 0.